The van der Waals surface area contributed by atoms with Crippen molar-refractivity contribution in [3.05, 3.63) is 20.8 Å². The van der Waals surface area contributed by atoms with Gasteiger partial charge >= 0.3 is 0 Å². The number of thiophene rings is 1. The van der Waals surface area contributed by atoms with Crippen LogP contribution in [-0.4, -0.2) is 6.04 Å². The quantitative estimate of drug-likeness (QED) is 0.810. The summed E-state index contributed by atoms with van der Waals surface area (Å²) >= 11 is 7.95. The lowest BCUT2D eigenvalue weighted by atomic mass is 9.85. The lowest BCUT2D eigenvalue weighted by Crippen LogP contribution is -2.37. The molecule has 100 valence electrons. The molecule has 1 nitrogen and oxygen atoms in total. The number of nitrogens with one attached hydrogen (secondary N) is 1. The van der Waals surface area contributed by atoms with Gasteiger partial charge in [0.05, 0.1) is 4.34 Å². The third kappa shape index (κ3) is 2.76. The monoisotopic (exact) mass is 283 g/mol. The molecule has 1 fully saturated rings. The van der Waals surface area contributed by atoms with Crippen LogP contribution in [0.1, 0.15) is 61.9 Å². The maximum atomic E-state index is 6.17. The highest BCUT2D eigenvalue weighted by atomic mass is 35.5. The molecule has 1 N–H and O–H groups in total. The fraction of sp³-hybridized carbons (Fsp3) is 0.733. The van der Waals surface area contributed by atoms with Gasteiger partial charge in [-0.1, -0.05) is 31.4 Å². The molecule has 3 unspecified atom stereocenters. The molecule has 0 radical (unpaired) electrons. The van der Waals surface area contributed by atoms with E-state index in [0.29, 0.717) is 6.04 Å². The smallest absolute Gasteiger partial charge is 0.0934 e. The van der Waals surface area contributed by atoms with Gasteiger partial charge in [-0.25, -0.2) is 0 Å². The molecule has 3 atom stereocenters. The van der Waals surface area contributed by atoms with Crippen LogP contribution < -0.4 is 5.32 Å². The van der Waals surface area contributed by atoms with E-state index in [4.69, 9.17) is 11.6 Å². The van der Waals surface area contributed by atoms with E-state index in [1.165, 1.54) is 55.4 Å². The van der Waals surface area contributed by atoms with Crippen molar-refractivity contribution in [1.82, 2.24) is 5.32 Å². The van der Waals surface area contributed by atoms with Crippen molar-refractivity contribution in [2.45, 2.75) is 64.0 Å². The average molecular weight is 284 g/mol. The first-order valence-corrected chi connectivity index (χ1v) is 8.46. The Morgan fingerprint density at radius 3 is 3.00 bits per heavy atom. The molecule has 0 spiro atoms. The first-order valence-electron chi connectivity index (χ1n) is 7.26. The van der Waals surface area contributed by atoms with Crippen LogP contribution in [0.15, 0.2) is 6.07 Å². The van der Waals surface area contributed by atoms with Crippen LogP contribution in [0.3, 0.4) is 0 Å². The molecule has 0 aliphatic heterocycles. The third-order valence-corrected chi connectivity index (χ3v) is 5.80. The summed E-state index contributed by atoms with van der Waals surface area (Å²) in [5.74, 6) is 0.894. The Bertz CT molecular complexity index is 415. The Morgan fingerprint density at radius 1 is 1.28 bits per heavy atom. The second-order valence-corrected chi connectivity index (χ2v) is 7.78. The summed E-state index contributed by atoms with van der Waals surface area (Å²) in [5, 5.41) is 3.91. The zero-order valence-electron chi connectivity index (χ0n) is 11.0. The molecule has 18 heavy (non-hydrogen) atoms. The zero-order valence-corrected chi connectivity index (χ0v) is 12.6. The summed E-state index contributed by atoms with van der Waals surface area (Å²) in [6.07, 6.45) is 9.33. The normalized spacial score (nSPS) is 32.2. The molecule has 0 bridgehead atoms. The van der Waals surface area contributed by atoms with E-state index in [9.17, 15) is 0 Å². The van der Waals surface area contributed by atoms with Crippen LogP contribution in [0.25, 0.3) is 0 Å². The SMILES string of the molecule is CC1CCCC(NC2CCCc3sc(Cl)cc32)C1. The molecule has 1 heterocycles. The second-order valence-electron chi connectivity index (χ2n) is 6.01. The van der Waals surface area contributed by atoms with Crippen molar-refractivity contribution in [3.63, 3.8) is 0 Å². The number of halogens is 1. The highest BCUT2D eigenvalue weighted by Gasteiger charge is 2.26. The summed E-state index contributed by atoms with van der Waals surface area (Å²) in [4.78, 5) is 1.52. The van der Waals surface area contributed by atoms with Crippen molar-refractivity contribution in [3.8, 4) is 0 Å². The Labute approximate surface area is 119 Å². The van der Waals surface area contributed by atoms with Gasteiger partial charge in [-0.05, 0) is 49.7 Å². The molecule has 1 saturated carbocycles. The van der Waals surface area contributed by atoms with E-state index < -0.39 is 0 Å². The minimum atomic E-state index is 0.563. The van der Waals surface area contributed by atoms with Gasteiger partial charge < -0.3 is 5.32 Å². The van der Waals surface area contributed by atoms with Gasteiger partial charge in [-0.15, -0.1) is 11.3 Å². The van der Waals surface area contributed by atoms with Crippen LogP contribution in [-0.2, 0) is 6.42 Å². The largest absolute Gasteiger partial charge is 0.307 e. The predicted octanol–water partition coefficient (Wildman–Crippen LogP) is 4.95. The van der Waals surface area contributed by atoms with Crippen LogP contribution in [0.2, 0.25) is 4.34 Å². The maximum Gasteiger partial charge on any atom is 0.0934 e. The topological polar surface area (TPSA) is 12.0 Å². The van der Waals surface area contributed by atoms with E-state index in [1.54, 1.807) is 11.3 Å². The Morgan fingerprint density at radius 2 is 2.17 bits per heavy atom. The van der Waals surface area contributed by atoms with Crippen LogP contribution in [0, 0.1) is 5.92 Å². The van der Waals surface area contributed by atoms with Crippen LogP contribution >= 0.6 is 22.9 Å². The van der Waals surface area contributed by atoms with Crippen molar-refractivity contribution in [2.75, 3.05) is 0 Å². The van der Waals surface area contributed by atoms with Gasteiger partial charge in [0.15, 0.2) is 0 Å². The minimum Gasteiger partial charge on any atom is -0.307 e. The van der Waals surface area contributed by atoms with Crippen LogP contribution in [0.4, 0.5) is 0 Å². The van der Waals surface area contributed by atoms with Gasteiger partial charge in [0.1, 0.15) is 0 Å². The number of rotatable bonds is 2. The van der Waals surface area contributed by atoms with E-state index in [2.05, 4.69) is 18.3 Å². The predicted molar refractivity (Wildman–Crippen MR) is 79.6 cm³/mol. The molecule has 3 heteroatoms. The van der Waals surface area contributed by atoms with E-state index in [0.717, 1.165) is 16.3 Å². The number of fused-ring (bicyclic) bond motifs is 1. The molecule has 2 aliphatic carbocycles. The van der Waals surface area contributed by atoms with E-state index in [-0.39, 0.29) is 0 Å². The molecule has 2 aliphatic rings. The first-order chi connectivity index (χ1) is 8.72. The molecular weight excluding hydrogens is 262 g/mol. The fourth-order valence-corrected chi connectivity index (χ4v) is 4.95. The Balaban J connectivity index is 1.70. The zero-order chi connectivity index (χ0) is 12.5. The summed E-state index contributed by atoms with van der Waals surface area (Å²) in [7, 11) is 0. The minimum absolute atomic E-state index is 0.563. The fourth-order valence-electron chi connectivity index (χ4n) is 3.56. The van der Waals surface area contributed by atoms with Gasteiger partial charge in [-0.3, -0.25) is 0 Å². The molecular formula is C15H22ClNS. The highest BCUT2D eigenvalue weighted by Crippen LogP contribution is 2.38. The molecule has 0 saturated heterocycles. The first kappa shape index (κ1) is 13.0. The molecule has 3 rings (SSSR count). The summed E-state index contributed by atoms with van der Waals surface area (Å²) in [5.41, 5.74) is 1.49. The molecule has 1 aromatic heterocycles. The number of aryl methyl sites for hydroxylation is 1. The van der Waals surface area contributed by atoms with Gasteiger partial charge in [-0.2, -0.15) is 0 Å². The number of hydrogen-bond acceptors (Lipinski definition) is 2. The summed E-state index contributed by atoms with van der Waals surface area (Å²) in [6.45, 7) is 2.39. The average Bonchev–Trinajstić information content (AvgIpc) is 2.71. The molecule has 0 aromatic carbocycles. The second kappa shape index (κ2) is 5.52. The van der Waals surface area contributed by atoms with Crippen molar-refractivity contribution in [1.29, 1.82) is 0 Å². The summed E-state index contributed by atoms with van der Waals surface area (Å²) < 4.78 is 0.964. The molecule has 1 aromatic rings. The van der Waals surface area contributed by atoms with Gasteiger partial charge in [0.25, 0.3) is 0 Å². The maximum absolute atomic E-state index is 6.17. The van der Waals surface area contributed by atoms with E-state index in [1.807, 2.05) is 0 Å². The number of hydrogen-bond donors (Lipinski definition) is 1. The Hall–Kier alpha value is -0.0500. The van der Waals surface area contributed by atoms with Crippen molar-refractivity contribution < 1.29 is 0 Å². The lowest BCUT2D eigenvalue weighted by molar-refractivity contribution is 0.272. The van der Waals surface area contributed by atoms with Crippen molar-refractivity contribution >= 4 is 22.9 Å². The lowest BCUT2D eigenvalue weighted by Gasteiger charge is -2.33. The van der Waals surface area contributed by atoms with E-state index >= 15 is 0 Å². The van der Waals surface area contributed by atoms with Crippen molar-refractivity contribution in [2.24, 2.45) is 5.92 Å². The summed E-state index contributed by atoms with van der Waals surface area (Å²) in [6, 6.07) is 3.49. The highest BCUT2D eigenvalue weighted by molar-refractivity contribution is 7.16. The van der Waals surface area contributed by atoms with Crippen LogP contribution in [0.5, 0.6) is 0 Å². The van der Waals surface area contributed by atoms with Gasteiger partial charge in [0, 0.05) is 17.0 Å². The Kier molecular flexibility index (Phi) is 3.97. The standard InChI is InChI=1S/C15H22ClNS/c1-10-4-2-5-11(8-10)17-13-6-3-7-14-12(13)9-15(16)18-14/h9-11,13,17H,2-8H2,1H3. The third-order valence-electron chi connectivity index (χ3n) is 4.46. The molecule has 0 amide bonds. The van der Waals surface area contributed by atoms with Gasteiger partial charge in [0.2, 0.25) is 0 Å².